The molecule has 0 bridgehead atoms. The van der Waals surface area contributed by atoms with Crippen LogP contribution < -0.4 is 11.1 Å². The molecule has 21 heavy (non-hydrogen) atoms. The molecule has 110 valence electrons. The number of para-hydroxylation sites is 1. The molecular formula is C16H19N3O2. The van der Waals surface area contributed by atoms with Crippen LogP contribution in [0.2, 0.25) is 0 Å². The molecule has 0 radical (unpaired) electrons. The minimum atomic E-state index is -0.469. The largest absolute Gasteiger partial charge is 0.465 e. The van der Waals surface area contributed by atoms with Crippen molar-refractivity contribution in [2.45, 2.75) is 20.3 Å². The first kappa shape index (κ1) is 14.8. The maximum atomic E-state index is 11.9. The molecule has 0 atom stereocenters. The lowest BCUT2D eigenvalue weighted by Crippen LogP contribution is -2.09. The van der Waals surface area contributed by atoms with Crippen molar-refractivity contribution in [3.05, 3.63) is 47.2 Å². The molecule has 1 heterocycles. The number of pyridine rings is 1. The molecule has 0 aliphatic rings. The van der Waals surface area contributed by atoms with Gasteiger partial charge in [-0.1, -0.05) is 25.1 Å². The molecule has 2 rings (SSSR count). The van der Waals surface area contributed by atoms with Crippen molar-refractivity contribution in [3.63, 3.8) is 0 Å². The SMILES string of the molecule is CCc1cccc(C)c1Nc1ncc(N)cc1C(=O)OC. The number of hydrogen-bond acceptors (Lipinski definition) is 5. The first-order chi connectivity index (χ1) is 10.1. The normalized spacial score (nSPS) is 10.2. The lowest BCUT2D eigenvalue weighted by molar-refractivity contribution is 0.0601. The van der Waals surface area contributed by atoms with Gasteiger partial charge < -0.3 is 15.8 Å². The highest BCUT2D eigenvalue weighted by Crippen LogP contribution is 2.27. The first-order valence-electron chi connectivity index (χ1n) is 6.76. The smallest absolute Gasteiger partial charge is 0.341 e. The predicted molar refractivity (Wildman–Crippen MR) is 83.8 cm³/mol. The fourth-order valence-electron chi connectivity index (χ4n) is 2.17. The van der Waals surface area contributed by atoms with E-state index in [0.29, 0.717) is 17.1 Å². The number of ether oxygens (including phenoxy) is 1. The number of methoxy groups -OCH3 is 1. The summed E-state index contributed by atoms with van der Waals surface area (Å²) in [6.07, 6.45) is 2.39. The number of esters is 1. The van der Waals surface area contributed by atoms with E-state index in [9.17, 15) is 4.79 Å². The Morgan fingerprint density at radius 2 is 2.19 bits per heavy atom. The van der Waals surface area contributed by atoms with E-state index in [1.54, 1.807) is 6.07 Å². The van der Waals surface area contributed by atoms with Crippen molar-refractivity contribution in [1.29, 1.82) is 0 Å². The van der Waals surface area contributed by atoms with Gasteiger partial charge in [-0.15, -0.1) is 0 Å². The summed E-state index contributed by atoms with van der Waals surface area (Å²) >= 11 is 0. The van der Waals surface area contributed by atoms with E-state index in [1.165, 1.54) is 13.3 Å². The number of nitrogen functional groups attached to an aromatic ring is 1. The summed E-state index contributed by atoms with van der Waals surface area (Å²) in [4.78, 5) is 16.1. The van der Waals surface area contributed by atoms with Crippen molar-refractivity contribution >= 4 is 23.2 Å². The van der Waals surface area contributed by atoms with Gasteiger partial charge in [-0.3, -0.25) is 0 Å². The highest BCUT2D eigenvalue weighted by molar-refractivity contribution is 5.96. The second kappa shape index (κ2) is 6.26. The van der Waals surface area contributed by atoms with Crippen molar-refractivity contribution in [2.24, 2.45) is 0 Å². The number of aryl methyl sites for hydroxylation is 2. The fourth-order valence-corrected chi connectivity index (χ4v) is 2.17. The number of carbonyl (C=O) groups excluding carboxylic acids is 1. The molecule has 1 aromatic carbocycles. The molecule has 3 N–H and O–H groups in total. The maximum Gasteiger partial charge on any atom is 0.341 e. The number of anilines is 3. The number of carbonyl (C=O) groups is 1. The molecule has 0 saturated heterocycles. The van der Waals surface area contributed by atoms with Gasteiger partial charge in [-0.25, -0.2) is 9.78 Å². The van der Waals surface area contributed by atoms with E-state index in [2.05, 4.69) is 17.2 Å². The van der Waals surface area contributed by atoms with Gasteiger partial charge >= 0.3 is 5.97 Å². The van der Waals surface area contributed by atoms with Crippen molar-refractivity contribution in [1.82, 2.24) is 4.98 Å². The molecular weight excluding hydrogens is 266 g/mol. The Hall–Kier alpha value is -2.56. The van der Waals surface area contributed by atoms with Crippen LogP contribution in [0.15, 0.2) is 30.5 Å². The second-order valence-corrected chi connectivity index (χ2v) is 4.74. The molecule has 5 nitrogen and oxygen atoms in total. The zero-order valence-corrected chi connectivity index (χ0v) is 12.4. The van der Waals surface area contributed by atoms with Crippen LogP contribution in [-0.4, -0.2) is 18.1 Å². The Labute approximate surface area is 124 Å². The van der Waals surface area contributed by atoms with Gasteiger partial charge in [0, 0.05) is 5.69 Å². The Bertz CT molecular complexity index is 669. The third-order valence-electron chi connectivity index (χ3n) is 3.30. The summed E-state index contributed by atoms with van der Waals surface area (Å²) in [6, 6.07) is 7.63. The van der Waals surface area contributed by atoms with Gasteiger partial charge in [-0.2, -0.15) is 0 Å². The van der Waals surface area contributed by atoms with E-state index in [1.807, 2.05) is 25.1 Å². The van der Waals surface area contributed by atoms with E-state index in [4.69, 9.17) is 10.5 Å². The average Bonchev–Trinajstić information content (AvgIpc) is 2.49. The minimum Gasteiger partial charge on any atom is -0.465 e. The summed E-state index contributed by atoms with van der Waals surface area (Å²) in [5.41, 5.74) is 9.65. The molecule has 5 heteroatoms. The van der Waals surface area contributed by atoms with Gasteiger partial charge in [0.2, 0.25) is 0 Å². The van der Waals surface area contributed by atoms with Gasteiger partial charge in [-0.05, 0) is 30.5 Å². The third-order valence-corrected chi connectivity index (χ3v) is 3.30. The molecule has 1 aromatic heterocycles. The van der Waals surface area contributed by atoms with Crippen LogP contribution in [0.4, 0.5) is 17.2 Å². The van der Waals surface area contributed by atoms with Crippen molar-refractivity contribution in [2.75, 3.05) is 18.2 Å². The van der Waals surface area contributed by atoms with Crippen LogP contribution in [0.1, 0.15) is 28.4 Å². The Kier molecular flexibility index (Phi) is 4.42. The van der Waals surface area contributed by atoms with Crippen LogP contribution in [-0.2, 0) is 11.2 Å². The highest BCUT2D eigenvalue weighted by Gasteiger charge is 2.15. The topological polar surface area (TPSA) is 77.2 Å². The summed E-state index contributed by atoms with van der Waals surface area (Å²) in [6.45, 7) is 4.09. The second-order valence-electron chi connectivity index (χ2n) is 4.74. The van der Waals surface area contributed by atoms with Crippen LogP contribution in [0.25, 0.3) is 0 Å². The first-order valence-corrected chi connectivity index (χ1v) is 6.76. The van der Waals surface area contributed by atoms with Gasteiger partial charge in [0.15, 0.2) is 0 Å². The number of benzene rings is 1. The molecule has 0 unspecified atom stereocenters. The van der Waals surface area contributed by atoms with Crippen LogP contribution in [0.3, 0.4) is 0 Å². The Balaban J connectivity index is 2.47. The maximum absolute atomic E-state index is 11.9. The van der Waals surface area contributed by atoms with Gasteiger partial charge in [0.05, 0.1) is 19.0 Å². The Morgan fingerprint density at radius 1 is 1.43 bits per heavy atom. The lowest BCUT2D eigenvalue weighted by atomic mass is 10.1. The molecule has 0 spiro atoms. The van der Waals surface area contributed by atoms with Crippen LogP contribution >= 0.6 is 0 Å². The van der Waals surface area contributed by atoms with Crippen molar-refractivity contribution in [3.8, 4) is 0 Å². The third kappa shape index (κ3) is 3.13. The summed E-state index contributed by atoms with van der Waals surface area (Å²) in [5.74, 6) is -0.0241. The monoisotopic (exact) mass is 285 g/mol. The quantitative estimate of drug-likeness (QED) is 0.844. The van der Waals surface area contributed by atoms with E-state index < -0.39 is 5.97 Å². The number of nitrogens with two attached hydrogens (primary N) is 1. The molecule has 0 saturated carbocycles. The number of hydrogen-bond donors (Lipinski definition) is 2. The standard InChI is InChI=1S/C16H19N3O2/c1-4-11-7-5-6-10(2)14(11)19-15-13(16(20)21-3)8-12(17)9-18-15/h5-9H,4,17H2,1-3H3,(H,18,19). The van der Waals surface area contributed by atoms with Gasteiger partial charge in [0.1, 0.15) is 11.4 Å². The highest BCUT2D eigenvalue weighted by atomic mass is 16.5. The molecule has 0 amide bonds. The number of rotatable bonds is 4. The van der Waals surface area contributed by atoms with E-state index in [0.717, 1.165) is 23.2 Å². The molecule has 2 aromatic rings. The van der Waals surface area contributed by atoms with Gasteiger partial charge in [0.25, 0.3) is 0 Å². The molecule has 0 aliphatic carbocycles. The zero-order chi connectivity index (χ0) is 15.4. The lowest BCUT2D eigenvalue weighted by Gasteiger charge is -2.15. The minimum absolute atomic E-state index is 0.322. The molecule has 0 fully saturated rings. The number of nitrogens with one attached hydrogen (secondary N) is 1. The fraction of sp³-hybridized carbons (Fsp3) is 0.250. The molecule has 0 aliphatic heterocycles. The summed E-state index contributed by atoms with van der Waals surface area (Å²) in [5, 5.41) is 3.24. The summed E-state index contributed by atoms with van der Waals surface area (Å²) in [7, 11) is 1.33. The van der Waals surface area contributed by atoms with Crippen LogP contribution in [0.5, 0.6) is 0 Å². The van der Waals surface area contributed by atoms with E-state index >= 15 is 0 Å². The number of aromatic nitrogens is 1. The predicted octanol–water partition coefficient (Wildman–Crippen LogP) is 3.06. The summed E-state index contributed by atoms with van der Waals surface area (Å²) < 4.78 is 4.78. The van der Waals surface area contributed by atoms with Crippen LogP contribution in [0, 0.1) is 6.92 Å². The zero-order valence-electron chi connectivity index (χ0n) is 12.4. The number of nitrogens with zero attached hydrogens (tertiary/aromatic N) is 1. The average molecular weight is 285 g/mol. The van der Waals surface area contributed by atoms with E-state index in [-0.39, 0.29) is 0 Å². The van der Waals surface area contributed by atoms with Crippen molar-refractivity contribution < 1.29 is 9.53 Å². The Morgan fingerprint density at radius 3 is 2.86 bits per heavy atom.